The first kappa shape index (κ1) is 40.3. The minimum absolute atomic E-state index is 0.255. The van der Waals surface area contributed by atoms with Crippen LogP contribution in [-0.4, -0.2) is 62.4 Å². The molecule has 9 N–H and O–H groups in total. The van der Waals surface area contributed by atoms with Crippen LogP contribution in [0.1, 0.15) is 62.0 Å². The van der Waals surface area contributed by atoms with Crippen molar-refractivity contribution >= 4 is 45.0 Å². The highest BCUT2D eigenvalue weighted by molar-refractivity contribution is 6.09. The molecule has 3 atom stereocenters. The van der Waals surface area contributed by atoms with Gasteiger partial charge in [-0.15, -0.1) is 0 Å². The van der Waals surface area contributed by atoms with E-state index in [4.69, 9.17) is 41.1 Å². The third kappa shape index (κ3) is 9.06. The molecule has 0 bridgehead atoms. The standard InChI is InChI=1S/C43H48N8O6/c1-25(57-30-16-14-26(15-17-30)36(19-44)50-38-28(23-54-2)21-47-40-32(38)10-6-12-34(40)42(46)52)49-43(53)35-13-7-11-33-39(29(24-55-3)22-48-41(33)35)51-37(20-45)27-8-5-9-31(18-27)56-4/h5-18,21-22,25,36-37H,19-20,23-24,44-45H2,1-4H3,(H2,46,52)(H,47,50)(H,48,51)(H,49,53)/t25?,36-,37-/m1/s1. The summed E-state index contributed by atoms with van der Waals surface area (Å²) in [5, 5.41) is 11.6. The van der Waals surface area contributed by atoms with E-state index < -0.39 is 12.1 Å². The molecule has 0 aliphatic heterocycles. The number of hydrogen-bond donors (Lipinski definition) is 6. The van der Waals surface area contributed by atoms with Gasteiger partial charge in [0.15, 0.2) is 6.23 Å². The van der Waals surface area contributed by atoms with Gasteiger partial charge in [0, 0.05) is 61.6 Å². The first-order valence-corrected chi connectivity index (χ1v) is 18.4. The van der Waals surface area contributed by atoms with Crippen molar-refractivity contribution in [1.29, 1.82) is 0 Å². The lowest BCUT2D eigenvalue weighted by atomic mass is 10.0. The minimum atomic E-state index is -0.693. The summed E-state index contributed by atoms with van der Waals surface area (Å²) in [5.41, 5.74) is 24.9. The average molecular weight is 773 g/mol. The molecule has 0 fully saturated rings. The Morgan fingerprint density at radius 1 is 0.684 bits per heavy atom. The van der Waals surface area contributed by atoms with E-state index in [0.29, 0.717) is 47.7 Å². The third-order valence-electron chi connectivity index (χ3n) is 9.60. The highest BCUT2D eigenvalue weighted by Gasteiger charge is 2.22. The minimum Gasteiger partial charge on any atom is -0.497 e. The summed E-state index contributed by atoms with van der Waals surface area (Å²) in [7, 11) is 4.85. The number of methoxy groups -OCH3 is 3. The predicted molar refractivity (Wildman–Crippen MR) is 221 cm³/mol. The molecule has 6 aromatic rings. The fourth-order valence-corrected chi connectivity index (χ4v) is 6.82. The second kappa shape index (κ2) is 18.5. The van der Waals surface area contributed by atoms with Crippen LogP contribution in [0.25, 0.3) is 21.8 Å². The fourth-order valence-electron chi connectivity index (χ4n) is 6.82. The molecule has 2 heterocycles. The van der Waals surface area contributed by atoms with Gasteiger partial charge in [0.2, 0.25) is 0 Å². The molecule has 0 saturated carbocycles. The van der Waals surface area contributed by atoms with Gasteiger partial charge in [0.05, 0.1) is 65.9 Å². The molecule has 0 aliphatic carbocycles. The largest absolute Gasteiger partial charge is 0.497 e. The molecule has 6 rings (SSSR count). The van der Waals surface area contributed by atoms with Gasteiger partial charge in [-0.2, -0.15) is 0 Å². The van der Waals surface area contributed by atoms with Gasteiger partial charge in [0.25, 0.3) is 11.8 Å². The number of carbonyl (C=O) groups is 2. The van der Waals surface area contributed by atoms with Crippen LogP contribution in [0.5, 0.6) is 11.5 Å². The van der Waals surface area contributed by atoms with Crippen LogP contribution in [0, 0.1) is 0 Å². The Morgan fingerprint density at radius 2 is 1.23 bits per heavy atom. The van der Waals surface area contributed by atoms with Gasteiger partial charge in [-0.3, -0.25) is 19.6 Å². The van der Waals surface area contributed by atoms with Gasteiger partial charge in [-0.1, -0.05) is 48.5 Å². The van der Waals surface area contributed by atoms with Crippen LogP contribution in [0.3, 0.4) is 0 Å². The maximum absolute atomic E-state index is 13.8. The van der Waals surface area contributed by atoms with E-state index in [-0.39, 0.29) is 24.5 Å². The number of ether oxygens (including phenoxy) is 4. The summed E-state index contributed by atoms with van der Waals surface area (Å²) in [4.78, 5) is 35.1. The van der Waals surface area contributed by atoms with E-state index >= 15 is 0 Å². The number of aromatic nitrogens is 2. The molecule has 296 valence electrons. The smallest absolute Gasteiger partial charge is 0.256 e. The van der Waals surface area contributed by atoms with E-state index in [1.807, 2.05) is 66.7 Å². The fraction of sp³-hybridized carbons (Fsp3) is 0.256. The van der Waals surface area contributed by atoms with E-state index in [0.717, 1.165) is 50.2 Å². The van der Waals surface area contributed by atoms with E-state index in [9.17, 15) is 9.59 Å². The van der Waals surface area contributed by atoms with Crippen LogP contribution in [0.15, 0.2) is 97.3 Å². The van der Waals surface area contributed by atoms with Gasteiger partial charge in [-0.05, 0) is 54.4 Å². The van der Waals surface area contributed by atoms with Crippen LogP contribution < -0.4 is 42.6 Å². The van der Waals surface area contributed by atoms with Crippen molar-refractivity contribution in [2.75, 3.05) is 45.1 Å². The molecule has 2 amide bonds. The average Bonchev–Trinajstić information content (AvgIpc) is 3.22. The van der Waals surface area contributed by atoms with Gasteiger partial charge in [-0.25, -0.2) is 0 Å². The van der Waals surface area contributed by atoms with Crippen LogP contribution in [-0.2, 0) is 22.7 Å². The first-order chi connectivity index (χ1) is 27.7. The molecular formula is C43H48N8O6. The zero-order valence-corrected chi connectivity index (χ0v) is 32.4. The highest BCUT2D eigenvalue weighted by atomic mass is 16.5. The Bertz CT molecular complexity index is 2360. The number of nitrogens with two attached hydrogens (primary N) is 3. The number of fused-ring (bicyclic) bond motifs is 2. The summed E-state index contributed by atoms with van der Waals surface area (Å²) < 4.78 is 22.5. The van der Waals surface area contributed by atoms with Crippen molar-refractivity contribution in [2.45, 2.75) is 38.4 Å². The van der Waals surface area contributed by atoms with Gasteiger partial charge in [0.1, 0.15) is 11.5 Å². The molecular weight excluding hydrogens is 725 g/mol. The molecule has 1 unspecified atom stereocenters. The normalized spacial score (nSPS) is 12.8. The highest BCUT2D eigenvalue weighted by Crippen LogP contribution is 2.34. The molecule has 0 saturated heterocycles. The lowest BCUT2D eigenvalue weighted by Gasteiger charge is -2.23. The molecule has 0 radical (unpaired) electrons. The van der Waals surface area contributed by atoms with Crippen molar-refractivity contribution in [2.24, 2.45) is 17.2 Å². The Balaban J connectivity index is 1.18. The van der Waals surface area contributed by atoms with Crippen molar-refractivity contribution in [3.8, 4) is 11.5 Å². The maximum Gasteiger partial charge on any atom is 0.256 e. The third-order valence-corrected chi connectivity index (χ3v) is 9.60. The summed E-state index contributed by atoms with van der Waals surface area (Å²) in [6.07, 6.45) is 2.69. The number of primary amides is 1. The van der Waals surface area contributed by atoms with Gasteiger partial charge < -0.3 is 52.1 Å². The maximum atomic E-state index is 13.8. The molecule has 14 nitrogen and oxygen atoms in total. The zero-order chi connectivity index (χ0) is 40.5. The Kier molecular flexibility index (Phi) is 13.1. The summed E-state index contributed by atoms with van der Waals surface area (Å²) in [6, 6.07) is 25.4. The van der Waals surface area contributed by atoms with Crippen LogP contribution in [0.4, 0.5) is 11.4 Å². The van der Waals surface area contributed by atoms with Crippen molar-refractivity contribution < 1.29 is 28.5 Å². The number of pyridine rings is 2. The van der Waals surface area contributed by atoms with E-state index in [2.05, 4.69) is 20.9 Å². The van der Waals surface area contributed by atoms with Crippen molar-refractivity contribution in [3.05, 3.63) is 131 Å². The Hall–Kier alpha value is -6.32. The van der Waals surface area contributed by atoms with Crippen LogP contribution in [0.2, 0.25) is 0 Å². The zero-order valence-electron chi connectivity index (χ0n) is 32.4. The first-order valence-electron chi connectivity index (χ1n) is 18.4. The number of hydrogen-bond acceptors (Lipinski definition) is 12. The molecule has 0 spiro atoms. The SMILES string of the molecule is COCc1cnc2c(C(N)=O)cccc2c1N[C@H](CN)c1ccc(OC(C)NC(=O)c2cccc3c(N[C@H](CN)c4cccc(OC)c4)c(COC)cnc23)cc1. The lowest BCUT2D eigenvalue weighted by Crippen LogP contribution is -2.36. The van der Waals surface area contributed by atoms with Crippen LogP contribution >= 0.6 is 0 Å². The van der Waals surface area contributed by atoms with Crippen molar-refractivity contribution in [1.82, 2.24) is 15.3 Å². The number of amides is 2. The topological polar surface area (TPSA) is 211 Å². The molecule has 0 aliphatic rings. The van der Waals surface area contributed by atoms with E-state index in [1.165, 1.54) is 0 Å². The number of benzene rings is 4. The number of rotatable bonds is 18. The van der Waals surface area contributed by atoms with Gasteiger partial charge >= 0.3 is 0 Å². The number of nitrogens with zero attached hydrogens (tertiary/aromatic N) is 2. The summed E-state index contributed by atoms with van der Waals surface area (Å²) in [5.74, 6) is 0.347. The number of anilines is 2. The number of para-hydroxylation sites is 2. The quantitative estimate of drug-likeness (QED) is 0.0593. The monoisotopic (exact) mass is 772 g/mol. The summed E-state index contributed by atoms with van der Waals surface area (Å²) >= 11 is 0. The van der Waals surface area contributed by atoms with Crippen molar-refractivity contribution in [3.63, 3.8) is 0 Å². The second-order valence-corrected chi connectivity index (χ2v) is 13.4. The predicted octanol–water partition coefficient (Wildman–Crippen LogP) is 5.56. The Labute approximate surface area is 331 Å². The molecule has 4 aromatic carbocycles. The Morgan fingerprint density at radius 3 is 1.77 bits per heavy atom. The number of carbonyl (C=O) groups excluding carboxylic acids is 2. The lowest BCUT2D eigenvalue weighted by molar-refractivity contribution is 0.0852. The molecule has 14 heteroatoms. The summed E-state index contributed by atoms with van der Waals surface area (Å²) in [6.45, 7) is 2.91. The molecule has 2 aromatic heterocycles. The second-order valence-electron chi connectivity index (χ2n) is 13.4. The van der Waals surface area contributed by atoms with E-state index in [1.54, 1.807) is 58.8 Å². The molecule has 57 heavy (non-hydrogen) atoms. The number of nitrogens with one attached hydrogen (secondary N) is 3.